The highest BCUT2D eigenvalue weighted by molar-refractivity contribution is 5.88. The van der Waals surface area contributed by atoms with Gasteiger partial charge in [-0.05, 0) is 19.1 Å². The van der Waals surface area contributed by atoms with Crippen LogP contribution >= 0.6 is 0 Å². The van der Waals surface area contributed by atoms with Crippen molar-refractivity contribution in [2.24, 2.45) is 0 Å². The molecule has 0 bridgehead atoms. The lowest BCUT2D eigenvalue weighted by Crippen LogP contribution is -2.61. The van der Waals surface area contributed by atoms with E-state index in [1.165, 1.54) is 33.3 Å². The zero-order valence-corrected chi connectivity index (χ0v) is 30.3. The minimum atomic E-state index is -2.06. The van der Waals surface area contributed by atoms with Crippen molar-refractivity contribution >= 4 is 11.0 Å². The van der Waals surface area contributed by atoms with E-state index in [1.54, 1.807) is 0 Å². The van der Waals surface area contributed by atoms with Crippen molar-refractivity contribution in [1.82, 2.24) is 0 Å². The smallest absolute Gasteiger partial charge is 0.239 e. The highest BCUT2D eigenvalue weighted by Gasteiger charge is 2.48. The van der Waals surface area contributed by atoms with Gasteiger partial charge in [-0.15, -0.1) is 0 Å². The fourth-order valence-electron chi connectivity index (χ4n) is 6.55. The molecule has 3 aromatic rings. The molecule has 316 valence electrons. The summed E-state index contributed by atoms with van der Waals surface area (Å²) >= 11 is 0. The maximum absolute atomic E-state index is 14.3. The fourth-order valence-corrected chi connectivity index (χ4v) is 6.55. The monoisotopic (exact) mass is 816 g/mol. The Morgan fingerprint density at radius 3 is 1.79 bits per heavy atom. The molecule has 15 atom stereocenters. The third-order valence-corrected chi connectivity index (χ3v) is 9.88. The third-order valence-electron chi connectivity index (χ3n) is 9.88. The van der Waals surface area contributed by atoms with Gasteiger partial charge >= 0.3 is 0 Å². The first-order chi connectivity index (χ1) is 27.0. The molecule has 57 heavy (non-hydrogen) atoms. The molecule has 15 unspecified atom stereocenters. The van der Waals surface area contributed by atoms with Crippen molar-refractivity contribution in [3.05, 3.63) is 34.5 Å². The highest BCUT2D eigenvalue weighted by atomic mass is 16.7. The normalized spacial score (nSPS) is 35.8. The second-order valence-corrected chi connectivity index (χ2v) is 13.6. The summed E-state index contributed by atoms with van der Waals surface area (Å²) in [5.74, 6) is -3.14. The summed E-state index contributed by atoms with van der Waals surface area (Å²) in [5.41, 5.74) is -1.58. The molecule has 3 aliphatic rings. The number of aliphatic hydroxyl groups is 10. The summed E-state index contributed by atoms with van der Waals surface area (Å²) in [5, 5.41) is 125. The Bertz CT molecular complexity index is 1910. The summed E-state index contributed by atoms with van der Waals surface area (Å²) in [7, 11) is 2.43. The molecule has 0 aliphatic carbocycles. The van der Waals surface area contributed by atoms with Crippen molar-refractivity contribution in [2.75, 3.05) is 27.4 Å². The molecule has 12 N–H and O–H groups in total. The first-order valence-electron chi connectivity index (χ1n) is 17.4. The summed E-state index contributed by atoms with van der Waals surface area (Å²) in [6, 6.07) is 4.41. The maximum Gasteiger partial charge on any atom is 0.239 e. The lowest BCUT2D eigenvalue weighted by atomic mass is 9.98. The van der Waals surface area contributed by atoms with Crippen LogP contribution in [0.25, 0.3) is 22.3 Å². The summed E-state index contributed by atoms with van der Waals surface area (Å²) in [6.45, 7) is -0.0145. The summed E-state index contributed by atoms with van der Waals surface area (Å²) < 4.78 is 50.1. The fraction of sp³-hybridized carbons (Fsp3) is 0.571. The number of aromatic hydroxyl groups is 2. The summed E-state index contributed by atoms with van der Waals surface area (Å²) in [6.07, 6.45) is -25.2. The molecule has 0 spiro atoms. The van der Waals surface area contributed by atoms with Gasteiger partial charge in [0.2, 0.25) is 29.5 Å². The van der Waals surface area contributed by atoms with Gasteiger partial charge in [0.05, 0.1) is 33.5 Å². The van der Waals surface area contributed by atoms with Crippen LogP contribution in [-0.4, -0.2) is 181 Å². The van der Waals surface area contributed by atoms with Crippen LogP contribution in [0.2, 0.25) is 0 Å². The summed E-state index contributed by atoms with van der Waals surface area (Å²) in [4.78, 5) is 14.3. The van der Waals surface area contributed by atoms with Crippen LogP contribution in [0.4, 0.5) is 0 Å². The average Bonchev–Trinajstić information content (AvgIpc) is 3.19. The van der Waals surface area contributed by atoms with Crippen molar-refractivity contribution in [2.45, 2.75) is 99.0 Å². The molecule has 6 rings (SSSR count). The first-order valence-corrected chi connectivity index (χ1v) is 17.4. The number of phenolic OH excluding ortho intramolecular Hbond substituents is 2. The van der Waals surface area contributed by atoms with Crippen LogP contribution in [0.3, 0.4) is 0 Å². The van der Waals surface area contributed by atoms with Gasteiger partial charge in [-0.3, -0.25) is 4.79 Å². The molecule has 0 amide bonds. The van der Waals surface area contributed by atoms with Crippen molar-refractivity contribution in [3.8, 4) is 45.8 Å². The van der Waals surface area contributed by atoms with Crippen LogP contribution in [0, 0.1) is 0 Å². The van der Waals surface area contributed by atoms with E-state index in [0.717, 1.165) is 12.1 Å². The standard InChI is InChI=1S/C35H44O22/c1-10-20(38)25(43)28(46)33(52-10)51-9-18-23(41)27(45)30(48)35(56-18)57-32-24(42)19-13(37)6-12(53-34-29(47)26(44)22(40)17(8-36)55-34)7-14(19)54-31(32)11-4-15(49-2)21(39)16(5-11)50-3/h4-7,10,17-18,20,22-23,25-30,33-41,43-48H,8-9H2,1-3H3. The van der Waals surface area contributed by atoms with E-state index in [0.29, 0.717) is 0 Å². The van der Waals surface area contributed by atoms with E-state index >= 15 is 0 Å². The molecule has 4 heterocycles. The van der Waals surface area contributed by atoms with E-state index < -0.39 is 145 Å². The third kappa shape index (κ3) is 8.02. The highest BCUT2D eigenvalue weighted by Crippen LogP contribution is 2.44. The van der Waals surface area contributed by atoms with Gasteiger partial charge in [0.15, 0.2) is 23.5 Å². The number of aliphatic hydroxyl groups excluding tert-OH is 10. The van der Waals surface area contributed by atoms with Gasteiger partial charge in [-0.2, -0.15) is 0 Å². The average molecular weight is 817 g/mol. The van der Waals surface area contributed by atoms with Crippen LogP contribution in [-0.2, 0) is 18.9 Å². The minimum Gasteiger partial charge on any atom is -0.507 e. The number of benzene rings is 2. The topological polar surface area (TPSA) is 347 Å². The molecule has 3 fully saturated rings. The van der Waals surface area contributed by atoms with E-state index in [1.807, 2.05) is 0 Å². The van der Waals surface area contributed by atoms with Gasteiger partial charge in [0, 0.05) is 17.7 Å². The first kappa shape index (κ1) is 42.5. The van der Waals surface area contributed by atoms with Crippen molar-refractivity contribution < 1.29 is 104 Å². The Morgan fingerprint density at radius 2 is 1.19 bits per heavy atom. The number of fused-ring (bicyclic) bond motifs is 1. The van der Waals surface area contributed by atoms with Crippen LogP contribution in [0.15, 0.2) is 33.5 Å². The molecule has 2 aromatic carbocycles. The lowest BCUT2D eigenvalue weighted by Gasteiger charge is -2.42. The lowest BCUT2D eigenvalue weighted by molar-refractivity contribution is -0.318. The molecule has 22 heteroatoms. The molecule has 3 aliphatic heterocycles. The molecule has 22 nitrogen and oxygen atoms in total. The Kier molecular flexibility index (Phi) is 12.7. The Labute approximate surface area is 321 Å². The second kappa shape index (κ2) is 17.0. The van der Waals surface area contributed by atoms with Crippen LogP contribution in [0.1, 0.15) is 6.92 Å². The number of phenols is 2. The molecular formula is C35H44O22. The second-order valence-electron chi connectivity index (χ2n) is 13.6. The molecule has 0 radical (unpaired) electrons. The number of ether oxygens (including phenoxy) is 8. The van der Waals surface area contributed by atoms with E-state index in [2.05, 4.69) is 0 Å². The van der Waals surface area contributed by atoms with Crippen molar-refractivity contribution in [3.63, 3.8) is 0 Å². The van der Waals surface area contributed by atoms with E-state index in [9.17, 15) is 66.1 Å². The van der Waals surface area contributed by atoms with Gasteiger partial charge in [0.25, 0.3) is 0 Å². The number of hydrogen-bond acceptors (Lipinski definition) is 22. The predicted octanol–water partition coefficient (Wildman–Crippen LogP) is -3.90. The van der Waals surface area contributed by atoms with Crippen LogP contribution in [0.5, 0.6) is 34.5 Å². The Balaban J connectivity index is 1.38. The number of hydrogen-bond donors (Lipinski definition) is 12. The largest absolute Gasteiger partial charge is 0.507 e. The minimum absolute atomic E-state index is 0.0701. The van der Waals surface area contributed by atoms with Gasteiger partial charge < -0.3 is 104 Å². The molecule has 0 saturated carbocycles. The zero-order chi connectivity index (χ0) is 41.6. The SMILES string of the molecule is COc1cc(-c2oc3cc(OC4OC(CO)C(O)C(O)C4O)cc(O)c3c(=O)c2OC2OC(COC3OC(C)C(O)C(O)C3O)C(O)C(O)C2O)cc(OC)c1O. The number of methoxy groups -OCH3 is 2. The van der Waals surface area contributed by atoms with Gasteiger partial charge in [-0.25, -0.2) is 0 Å². The van der Waals surface area contributed by atoms with Crippen molar-refractivity contribution in [1.29, 1.82) is 0 Å². The molecule has 3 saturated heterocycles. The van der Waals surface area contributed by atoms with E-state index in [4.69, 9.17) is 42.3 Å². The quantitative estimate of drug-likeness (QED) is 0.0880. The maximum atomic E-state index is 14.3. The molecule has 1 aromatic heterocycles. The Morgan fingerprint density at radius 1 is 0.649 bits per heavy atom. The number of rotatable bonds is 11. The Hall–Kier alpha value is -4.11. The predicted molar refractivity (Wildman–Crippen MR) is 184 cm³/mol. The van der Waals surface area contributed by atoms with Gasteiger partial charge in [0.1, 0.15) is 89.6 Å². The molecular weight excluding hydrogens is 772 g/mol. The van der Waals surface area contributed by atoms with E-state index in [-0.39, 0.29) is 22.8 Å². The zero-order valence-electron chi connectivity index (χ0n) is 30.3. The van der Waals surface area contributed by atoms with Gasteiger partial charge in [-0.1, -0.05) is 0 Å². The van der Waals surface area contributed by atoms with Crippen LogP contribution < -0.4 is 24.4 Å².